The fourth-order valence-corrected chi connectivity index (χ4v) is 2.63. The maximum atomic E-state index is 12.6. The SMILES string of the molecule is C[C@@H](NC(=O)C(Cc1ccc(Cl)cc1)NC(=O)O)c1ccc(OCC(F)(F)F)cn1. The van der Waals surface area contributed by atoms with Crippen molar-refractivity contribution in [1.82, 2.24) is 15.6 Å². The number of nitrogens with zero attached hydrogens (tertiary/aromatic N) is 1. The predicted molar refractivity (Wildman–Crippen MR) is 102 cm³/mol. The average Bonchev–Trinajstić information content (AvgIpc) is 2.67. The molecule has 2 rings (SSSR count). The molecule has 0 aliphatic carbocycles. The number of carbonyl (C=O) groups excluding carboxylic acids is 1. The Bertz CT molecular complexity index is 861. The lowest BCUT2D eigenvalue weighted by Crippen LogP contribution is -2.48. The number of carbonyl (C=O) groups is 2. The van der Waals surface area contributed by atoms with Crippen molar-refractivity contribution in [1.29, 1.82) is 0 Å². The molecule has 1 aromatic heterocycles. The molecule has 7 nitrogen and oxygen atoms in total. The topological polar surface area (TPSA) is 101 Å². The van der Waals surface area contributed by atoms with E-state index in [1.807, 2.05) is 0 Å². The van der Waals surface area contributed by atoms with Crippen LogP contribution in [0.15, 0.2) is 42.6 Å². The molecule has 0 bridgehead atoms. The van der Waals surface area contributed by atoms with Crippen molar-refractivity contribution < 1.29 is 32.6 Å². The molecule has 0 aliphatic rings. The Morgan fingerprint density at radius 2 is 1.83 bits per heavy atom. The quantitative estimate of drug-likeness (QED) is 0.575. The van der Waals surface area contributed by atoms with Gasteiger partial charge in [-0.1, -0.05) is 23.7 Å². The number of benzene rings is 1. The van der Waals surface area contributed by atoms with E-state index in [4.69, 9.17) is 16.7 Å². The van der Waals surface area contributed by atoms with Gasteiger partial charge in [-0.25, -0.2) is 4.79 Å². The summed E-state index contributed by atoms with van der Waals surface area (Å²) in [5.74, 6) is -0.651. The molecule has 162 valence electrons. The molecule has 3 N–H and O–H groups in total. The van der Waals surface area contributed by atoms with Crippen molar-refractivity contribution in [3.63, 3.8) is 0 Å². The van der Waals surface area contributed by atoms with E-state index >= 15 is 0 Å². The van der Waals surface area contributed by atoms with Crippen LogP contribution in [0.3, 0.4) is 0 Å². The summed E-state index contributed by atoms with van der Waals surface area (Å²) in [6.07, 6.45) is -4.61. The summed E-state index contributed by atoms with van der Waals surface area (Å²) in [5.41, 5.74) is 1.06. The normalized spacial score (nSPS) is 13.2. The lowest BCUT2D eigenvalue weighted by atomic mass is 10.0. The number of rotatable bonds is 8. The average molecular weight is 446 g/mol. The first-order chi connectivity index (χ1) is 14.0. The minimum atomic E-state index is -4.46. The summed E-state index contributed by atoms with van der Waals surface area (Å²) < 4.78 is 41.1. The molecule has 11 heteroatoms. The molecule has 0 saturated heterocycles. The van der Waals surface area contributed by atoms with Crippen LogP contribution in [0.4, 0.5) is 18.0 Å². The number of aromatic nitrogens is 1. The second kappa shape index (κ2) is 10.1. The zero-order chi connectivity index (χ0) is 22.3. The lowest BCUT2D eigenvalue weighted by Gasteiger charge is -2.20. The number of pyridine rings is 1. The molecule has 0 radical (unpaired) electrons. The Hall–Kier alpha value is -3.01. The maximum absolute atomic E-state index is 12.6. The summed E-state index contributed by atoms with van der Waals surface area (Å²) in [4.78, 5) is 27.6. The highest BCUT2D eigenvalue weighted by Gasteiger charge is 2.28. The van der Waals surface area contributed by atoms with Crippen molar-refractivity contribution in [2.75, 3.05) is 6.61 Å². The van der Waals surface area contributed by atoms with E-state index < -0.39 is 36.9 Å². The van der Waals surface area contributed by atoms with Crippen molar-refractivity contribution in [3.8, 4) is 5.75 Å². The van der Waals surface area contributed by atoms with E-state index in [-0.39, 0.29) is 12.2 Å². The van der Waals surface area contributed by atoms with Crippen LogP contribution in [0.2, 0.25) is 5.02 Å². The second-order valence-electron chi connectivity index (χ2n) is 6.39. The van der Waals surface area contributed by atoms with Crippen LogP contribution in [0.1, 0.15) is 24.2 Å². The van der Waals surface area contributed by atoms with Gasteiger partial charge in [0.25, 0.3) is 0 Å². The van der Waals surface area contributed by atoms with Crippen LogP contribution >= 0.6 is 11.6 Å². The first kappa shape index (κ1) is 23.3. The molecule has 0 fully saturated rings. The Kier molecular flexibility index (Phi) is 7.87. The Morgan fingerprint density at radius 3 is 2.37 bits per heavy atom. The van der Waals surface area contributed by atoms with E-state index in [2.05, 4.69) is 20.4 Å². The number of hydrogen-bond donors (Lipinski definition) is 3. The van der Waals surface area contributed by atoms with Gasteiger partial charge in [-0.3, -0.25) is 9.78 Å². The lowest BCUT2D eigenvalue weighted by molar-refractivity contribution is -0.153. The summed E-state index contributed by atoms with van der Waals surface area (Å²) in [6.45, 7) is 0.171. The largest absolute Gasteiger partial charge is 0.483 e. The van der Waals surface area contributed by atoms with Crippen LogP contribution in [0.5, 0.6) is 5.75 Å². The highest BCUT2D eigenvalue weighted by Crippen LogP contribution is 2.19. The Labute approximate surface area is 175 Å². The molecule has 0 saturated carbocycles. The van der Waals surface area contributed by atoms with Gasteiger partial charge in [0.1, 0.15) is 11.8 Å². The zero-order valence-corrected chi connectivity index (χ0v) is 16.5. The molecule has 0 aliphatic heterocycles. The van der Waals surface area contributed by atoms with Gasteiger partial charge in [-0.15, -0.1) is 0 Å². The second-order valence-corrected chi connectivity index (χ2v) is 6.82. The number of hydrogen-bond acceptors (Lipinski definition) is 4. The molecule has 1 heterocycles. The molecule has 1 aromatic carbocycles. The van der Waals surface area contributed by atoms with E-state index in [1.54, 1.807) is 31.2 Å². The van der Waals surface area contributed by atoms with E-state index in [9.17, 15) is 22.8 Å². The number of ether oxygens (including phenoxy) is 1. The monoisotopic (exact) mass is 445 g/mol. The van der Waals surface area contributed by atoms with Crippen molar-refractivity contribution in [2.24, 2.45) is 0 Å². The highest BCUT2D eigenvalue weighted by molar-refractivity contribution is 6.30. The zero-order valence-electron chi connectivity index (χ0n) is 15.7. The van der Waals surface area contributed by atoms with Crippen molar-refractivity contribution >= 4 is 23.6 Å². The van der Waals surface area contributed by atoms with E-state index in [0.717, 1.165) is 6.20 Å². The molecular formula is C19H19ClF3N3O4. The van der Waals surface area contributed by atoms with Crippen LogP contribution in [0, 0.1) is 0 Å². The Morgan fingerprint density at radius 1 is 1.17 bits per heavy atom. The number of nitrogens with one attached hydrogen (secondary N) is 2. The molecule has 0 spiro atoms. The molecule has 2 aromatic rings. The summed E-state index contributed by atoms with van der Waals surface area (Å²) in [6, 6.07) is 7.63. The third-order valence-electron chi connectivity index (χ3n) is 3.93. The van der Waals surface area contributed by atoms with E-state index in [1.165, 1.54) is 12.1 Å². The van der Waals surface area contributed by atoms with Gasteiger partial charge in [-0.05, 0) is 36.8 Å². The van der Waals surface area contributed by atoms with Crippen LogP contribution in [0.25, 0.3) is 0 Å². The minimum absolute atomic E-state index is 0.0669. The van der Waals surface area contributed by atoms with Crippen molar-refractivity contribution in [2.45, 2.75) is 31.6 Å². The standard InChI is InChI=1S/C19H19ClF3N3O4/c1-11(15-7-6-14(9-24-15)30-10-19(21,22)23)25-17(27)16(26-18(28)29)8-12-2-4-13(20)5-3-12/h2-7,9,11,16,26H,8,10H2,1H3,(H,25,27)(H,28,29)/t11-,16?/m1/s1. The van der Waals surface area contributed by atoms with Crippen LogP contribution in [-0.2, 0) is 11.2 Å². The summed E-state index contributed by atoms with van der Waals surface area (Å²) >= 11 is 5.82. The predicted octanol–water partition coefficient (Wildman–Crippen LogP) is 3.73. The molecule has 1 unspecified atom stereocenters. The van der Waals surface area contributed by atoms with Gasteiger partial charge in [0.2, 0.25) is 5.91 Å². The summed E-state index contributed by atoms with van der Waals surface area (Å²) in [7, 11) is 0. The number of alkyl halides is 3. The van der Waals surface area contributed by atoms with Crippen LogP contribution in [-0.4, -0.2) is 40.9 Å². The fourth-order valence-electron chi connectivity index (χ4n) is 2.50. The number of carboxylic acid groups (broad SMARTS) is 1. The first-order valence-corrected chi connectivity index (χ1v) is 9.11. The van der Waals surface area contributed by atoms with Crippen molar-refractivity contribution in [3.05, 3.63) is 58.9 Å². The van der Waals surface area contributed by atoms with Gasteiger partial charge in [0.05, 0.1) is 17.9 Å². The maximum Gasteiger partial charge on any atom is 0.422 e. The van der Waals surface area contributed by atoms with E-state index in [0.29, 0.717) is 16.3 Å². The first-order valence-electron chi connectivity index (χ1n) is 8.73. The van der Waals surface area contributed by atoms with Gasteiger partial charge >= 0.3 is 12.3 Å². The smallest absolute Gasteiger partial charge is 0.422 e. The van der Waals surface area contributed by atoms with Gasteiger partial charge < -0.3 is 20.5 Å². The van der Waals surface area contributed by atoms with Gasteiger partial charge in [0, 0.05) is 11.4 Å². The molecular weight excluding hydrogens is 427 g/mol. The van der Waals surface area contributed by atoms with Gasteiger partial charge in [-0.2, -0.15) is 13.2 Å². The third kappa shape index (κ3) is 7.78. The molecule has 30 heavy (non-hydrogen) atoms. The fraction of sp³-hybridized carbons (Fsp3) is 0.316. The van der Waals surface area contributed by atoms with Crippen LogP contribution < -0.4 is 15.4 Å². The molecule has 2 atom stereocenters. The Balaban J connectivity index is 2.01. The molecule has 2 amide bonds. The third-order valence-corrected chi connectivity index (χ3v) is 4.18. The number of amides is 2. The number of halogens is 4. The minimum Gasteiger partial charge on any atom is -0.483 e. The summed E-state index contributed by atoms with van der Waals surface area (Å²) in [5, 5.41) is 14.3. The van der Waals surface area contributed by atoms with Gasteiger partial charge in [0.15, 0.2) is 6.61 Å². The highest BCUT2D eigenvalue weighted by atomic mass is 35.5.